The number of nitrogens with zero attached hydrogens (tertiary/aromatic N) is 4. The van der Waals surface area contributed by atoms with Crippen LogP contribution in [-0.4, -0.2) is 38.9 Å². The monoisotopic (exact) mass is 284 g/mol. The molecule has 1 aromatic heterocycles. The maximum atomic E-state index is 12.0. The van der Waals surface area contributed by atoms with E-state index in [1.165, 1.54) is 0 Å². The van der Waals surface area contributed by atoms with Crippen LogP contribution in [0.4, 0.5) is 0 Å². The van der Waals surface area contributed by atoms with Crippen LogP contribution in [0, 0.1) is 5.92 Å². The van der Waals surface area contributed by atoms with Gasteiger partial charge in [0.1, 0.15) is 5.69 Å². The summed E-state index contributed by atoms with van der Waals surface area (Å²) < 4.78 is 1.90. The molecule has 3 rings (SSSR count). The van der Waals surface area contributed by atoms with Crippen LogP contribution in [0.2, 0.25) is 0 Å². The highest BCUT2D eigenvalue weighted by Gasteiger charge is 2.29. The Hall–Kier alpha value is -2.17. The summed E-state index contributed by atoms with van der Waals surface area (Å²) in [7, 11) is 0. The van der Waals surface area contributed by atoms with Crippen molar-refractivity contribution in [3.8, 4) is 11.3 Å². The van der Waals surface area contributed by atoms with E-state index in [0.29, 0.717) is 0 Å². The topological polar surface area (TPSA) is 51.0 Å². The molecular formula is C16H20N4O. The molecule has 5 nitrogen and oxygen atoms in total. The number of amides is 1. The van der Waals surface area contributed by atoms with Crippen molar-refractivity contribution in [2.45, 2.75) is 26.3 Å². The smallest absolute Gasteiger partial charge is 0.225 e. The van der Waals surface area contributed by atoms with Gasteiger partial charge in [0.25, 0.3) is 0 Å². The zero-order chi connectivity index (χ0) is 14.8. The standard InChI is InChI=1S/C16H20N4O/c1-12(2)16(21)19-9-8-14(10-19)20-11-15(17-18-20)13-6-4-3-5-7-13/h3-7,11-12,14H,8-10H2,1-2H3. The lowest BCUT2D eigenvalue weighted by atomic mass is 10.2. The zero-order valence-corrected chi connectivity index (χ0v) is 12.4. The lowest BCUT2D eigenvalue weighted by Crippen LogP contribution is -2.32. The third kappa shape index (κ3) is 2.82. The van der Waals surface area contributed by atoms with Crippen LogP contribution in [0.15, 0.2) is 36.5 Å². The number of aromatic nitrogens is 3. The van der Waals surface area contributed by atoms with Gasteiger partial charge in [-0.2, -0.15) is 0 Å². The number of carbonyl (C=O) groups is 1. The van der Waals surface area contributed by atoms with Crippen molar-refractivity contribution in [3.05, 3.63) is 36.5 Å². The van der Waals surface area contributed by atoms with Gasteiger partial charge < -0.3 is 4.90 Å². The highest BCUT2D eigenvalue weighted by atomic mass is 16.2. The molecule has 0 spiro atoms. The number of rotatable bonds is 3. The first-order valence-electron chi connectivity index (χ1n) is 7.41. The van der Waals surface area contributed by atoms with Crippen molar-refractivity contribution in [1.29, 1.82) is 0 Å². The van der Waals surface area contributed by atoms with Crippen molar-refractivity contribution in [1.82, 2.24) is 19.9 Å². The fraction of sp³-hybridized carbons (Fsp3) is 0.438. The van der Waals surface area contributed by atoms with Gasteiger partial charge in [0.05, 0.1) is 12.2 Å². The number of benzene rings is 1. The van der Waals surface area contributed by atoms with Gasteiger partial charge in [-0.15, -0.1) is 5.10 Å². The van der Waals surface area contributed by atoms with Crippen LogP contribution in [0.1, 0.15) is 26.3 Å². The van der Waals surface area contributed by atoms with Gasteiger partial charge in [0.15, 0.2) is 0 Å². The van der Waals surface area contributed by atoms with E-state index in [9.17, 15) is 4.79 Å². The Kier molecular flexibility index (Phi) is 3.73. The second-order valence-corrected chi connectivity index (χ2v) is 5.83. The molecule has 2 heterocycles. The van der Waals surface area contributed by atoms with Crippen LogP contribution >= 0.6 is 0 Å². The van der Waals surface area contributed by atoms with Crippen molar-refractivity contribution >= 4 is 5.91 Å². The quantitative estimate of drug-likeness (QED) is 0.869. The summed E-state index contributed by atoms with van der Waals surface area (Å²) in [6.07, 6.45) is 2.92. The molecule has 5 heteroatoms. The fourth-order valence-electron chi connectivity index (χ4n) is 2.72. The molecule has 1 aliphatic heterocycles. The van der Waals surface area contributed by atoms with Crippen LogP contribution in [-0.2, 0) is 4.79 Å². The Morgan fingerprint density at radius 2 is 2.05 bits per heavy atom. The minimum absolute atomic E-state index is 0.0550. The van der Waals surface area contributed by atoms with E-state index in [2.05, 4.69) is 10.3 Å². The molecule has 2 aromatic rings. The third-order valence-corrected chi connectivity index (χ3v) is 3.92. The highest BCUT2D eigenvalue weighted by Crippen LogP contribution is 2.24. The number of hydrogen-bond acceptors (Lipinski definition) is 3. The van der Waals surface area contributed by atoms with Crippen molar-refractivity contribution in [2.24, 2.45) is 5.92 Å². The number of hydrogen-bond donors (Lipinski definition) is 0. The summed E-state index contributed by atoms with van der Waals surface area (Å²) in [6.45, 7) is 5.42. The number of carbonyl (C=O) groups excluding carboxylic acids is 1. The van der Waals surface area contributed by atoms with E-state index in [0.717, 1.165) is 30.8 Å². The van der Waals surface area contributed by atoms with E-state index in [1.807, 2.05) is 60.0 Å². The Labute approximate surface area is 124 Å². The average molecular weight is 284 g/mol. The molecule has 0 radical (unpaired) electrons. The molecule has 21 heavy (non-hydrogen) atoms. The molecule has 1 aromatic carbocycles. The van der Waals surface area contributed by atoms with E-state index >= 15 is 0 Å². The van der Waals surface area contributed by atoms with Crippen LogP contribution in [0.5, 0.6) is 0 Å². The molecule has 1 fully saturated rings. The first-order valence-corrected chi connectivity index (χ1v) is 7.41. The summed E-state index contributed by atoms with van der Waals surface area (Å²) in [5.74, 6) is 0.278. The summed E-state index contributed by atoms with van der Waals surface area (Å²) in [6, 6.07) is 10.3. The fourth-order valence-corrected chi connectivity index (χ4v) is 2.72. The average Bonchev–Trinajstić information content (AvgIpc) is 3.16. The summed E-state index contributed by atoms with van der Waals surface area (Å²) in [5.41, 5.74) is 1.95. The molecule has 0 aliphatic carbocycles. The Morgan fingerprint density at radius 3 is 2.76 bits per heavy atom. The summed E-state index contributed by atoms with van der Waals surface area (Å²) in [5, 5.41) is 8.49. The van der Waals surface area contributed by atoms with Gasteiger partial charge in [-0.3, -0.25) is 4.79 Å². The second-order valence-electron chi connectivity index (χ2n) is 5.83. The van der Waals surface area contributed by atoms with Crippen LogP contribution in [0.25, 0.3) is 11.3 Å². The van der Waals surface area contributed by atoms with E-state index < -0.39 is 0 Å². The van der Waals surface area contributed by atoms with E-state index in [-0.39, 0.29) is 17.9 Å². The van der Waals surface area contributed by atoms with Crippen molar-refractivity contribution in [2.75, 3.05) is 13.1 Å². The summed E-state index contributed by atoms with van der Waals surface area (Å²) >= 11 is 0. The minimum atomic E-state index is 0.0550. The highest BCUT2D eigenvalue weighted by molar-refractivity contribution is 5.78. The predicted octanol–water partition coefficient (Wildman–Crippen LogP) is 2.37. The molecule has 0 saturated carbocycles. The molecule has 110 valence electrons. The first-order chi connectivity index (χ1) is 10.1. The largest absolute Gasteiger partial charge is 0.340 e. The Bertz CT molecular complexity index is 620. The molecule has 0 N–H and O–H groups in total. The maximum absolute atomic E-state index is 12.0. The third-order valence-electron chi connectivity index (χ3n) is 3.92. The van der Waals surface area contributed by atoms with Gasteiger partial charge in [-0.1, -0.05) is 49.4 Å². The molecular weight excluding hydrogens is 264 g/mol. The second kappa shape index (κ2) is 5.68. The predicted molar refractivity (Wildman–Crippen MR) is 80.5 cm³/mol. The van der Waals surface area contributed by atoms with Crippen LogP contribution < -0.4 is 0 Å². The molecule has 1 atom stereocenters. The Balaban J connectivity index is 1.72. The lowest BCUT2D eigenvalue weighted by Gasteiger charge is -2.18. The molecule has 1 saturated heterocycles. The van der Waals surface area contributed by atoms with Crippen molar-refractivity contribution in [3.63, 3.8) is 0 Å². The maximum Gasteiger partial charge on any atom is 0.225 e. The van der Waals surface area contributed by atoms with Gasteiger partial charge in [0.2, 0.25) is 5.91 Å². The molecule has 0 bridgehead atoms. The van der Waals surface area contributed by atoms with Gasteiger partial charge in [-0.05, 0) is 6.42 Å². The normalized spacial score (nSPS) is 18.4. The van der Waals surface area contributed by atoms with Gasteiger partial charge in [-0.25, -0.2) is 4.68 Å². The first kappa shape index (κ1) is 13.8. The molecule has 1 aliphatic rings. The molecule has 1 unspecified atom stereocenters. The zero-order valence-electron chi connectivity index (χ0n) is 12.4. The van der Waals surface area contributed by atoms with Gasteiger partial charge in [0, 0.05) is 24.6 Å². The number of likely N-dealkylation sites (tertiary alicyclic amines) is 1. The Morgan fingerprint density at radius 1 is 1.29 bits per heavy atom. The lowest BCUT2D eigenvalue weighted by molar-refractivity contribution is -0.133. The minimum Gasteiger partial charge on any atom is -0.340 e. The van der Waals surface area contributed by atoms with Crippen LogP contribution in [0.3, 0.4) is 0 Å². The van der Waals surface area contributed by atoms with Gasteiger partial charge >= 0.3 is 0 Å². The molecule has 1 amide bonds. The summed E-state index contributed by atoms with van der Waals surface area (Å²) in [4.78, 5) is 14.0. The van der Waals surface area contributed by atoms with E-state index in [1.54, 1.807) is 0 Å². The SMILES string of the molecule is CC(C)C(=O)N1CCC(n2cc(-c3ccccc3)nn2)C1. The van der Waals surface area contributed by atoms with E-state index in [4.69, 9.17) is 0 Å². The van der Waals surface area contributed by atoms with Crippen molar-refractivity contribution < 1.29 is 4.79 Å².